The van der Waals surface area contributed by atoms with Crippen LogP contribution in [-0.2, 0) is 0 Å². The summed E-state index contributed by atoms with van der Waals surface area (Å²) in [5.74, 6) is -0.156. The van der Waals surface area contributed by atoms with Crippen LogP contribution >= 0.6 is 11.8 Å². The van der Waals surface area contributed by atoms with Crippen LogP contribution in [0.15, 0.2) is 23.1 Å². The quantitative estimate of drug-likeness (QED) is 0.490. The molecular formula is C15H21F2NS. The van der Waals surface area contributed by atoms with Crippen molar-refractivity contribution in [2.24, 2.45) is 0 Å². The van der Waals surface area contributed by atoms with Crippen molar-refractivity contribution in [3.63, 3.8) is 0 Å². The second-order valence-corrected chi connectivity index (χ2v) is 6.20. The van der Waals surface area contributed by atoms with Crippen LogP contribution in [0.25, 0.3) is 0 Å². The van der Waals surface area contributed by atoms with Crippen molar-refractivity contribution in [2.75, 3.05) is 12.3 Å². The Morgan fingerprint density at radius 1 is 1.11 bits per heavy atom. The highest BCUT2D eigenvalue weighted by Gasteiger charge is 2.11. The summed E-state index contributed by atoms with van der Waals surface area (Å²) in [5.41, 5.74) is 0. The maximum absolute atomic E-state index is 13.4. The van der Waals surface area contributed by atoms with Gasteiger partial charge in [-0.2, -0.15) is 0 Å². The molecule has 1 aromatic carbocycles. The molecule has 0 aromatic heterocycles. The molecule has 0 saturated heterocycles. The van der Waals surface area contributed by atoms with Crippen LogP contribution in [0.3, 0.4) is 0 Å². The molecule has 0 radical (unpaired) electrons. The predicted octanol–water partition coefficient (Wildman–Crippen LogP) is 4.37. The zero-order valence-corrected chi connectivity index (χ0v) is 11.9. The van der Waals surface area contributed by atoms with Gasteiger partial charge in [0.1, 0.15) is 11.6 Å². The largest absolute Gasteiger partial charge is 0.313 e. The molecule has 1 fully saturated rings. The molecular weight excluding hydrogens is 264 g/mol. The van der Waals surface area contributed by atoms with Crippen LogP contribution in [0.2, 0.25) is 0 Å². The maximum atomic E-state index is 13.4. The van der Waals surface area contributed by atoms with Crippen molar-refractivity contribution in [2.45, 2.75) is 49.5 Å². The summed E-state index contributed by atoms with van der Waals surface area (Å²) in [7, 11) is 0. The fourth-order valence-corrected chi connectivity index (χ4v) is 3.30. The van der Waals surface area contributed by atoms with Crippen molar-refractivity contribution < 1.29 is 8.78 Å². The zero-order valence-electron chi connectivity index (χ0n) is 11.1. The number of thioether (sulfide) groups is 1. The van der Waals surface area contributed by atoms with Gasteiger partial charge in [-0.1, -0.05) is 25.7 Å². The zero-order chi connectivity index (χ0) is 13.5. The van der Waals surface area contributed by atoms with E-state index in [9.17, 15) is 8.78 Å². The number of rotatable bonds is 5. The number of hydrogen-bond donors (Lipinski definition) is 1. The fourth-order valence-electron chi connectivity index (χ4n) is 2.50. The van der Waals surface area contributed by atoms with Gasteiger partial charge < -0.3 is 5.32 Å². The molecule has 2 rings (SSSR count). The third kappa shape index (κ3) is 5.11. The topological polar surface area (TPSA) is 12.0 Å². The first kappa shape index (κ1) is 14.8. The molecule has 0 bridgehead atoms. The lowest BCUT2D eigenvalue weighted by Crippen LogP contribution is -2.30. The Kier molecular flexibility index (Phi) is 6.11. The van der Waals surface area contributed by atoms with E-state index in [1.807, 2.05) is 0 Å². The minimum atomic E-state index is -0.515. The molecule has 1 nitrogen and oxygen atoms in total. The average Bonchev–Trinajstić information content (AvgIpc) is 2.65. The first-order valence-electron chi connectivity index (χ1n) is 7.07. The number of hydrogen-bond acceptors (Lipinski definition) is 2. The second kappa shape index (κ2) is 7.85. The highest BCUT2D eigenvalue weighted by atomic mass is 32.2. The smallest absolute Gasteiger partial charge is 0.139 e. The fraction of sp³-hybridized carbons (Fsp3) is 0.600. The Morgan fingerprint density at radius 2 is 1.84 bits per heavy atom. The predicted molar refractivity (Wildman–Crippen MR) is 76.6 cm³/mol. The van der Waals surface area contributed by atoms with E-state index in [-0.39, 0.29) is 0 Å². The average molecular weight is 285 g/mol. The van der Waals surface area contributed by atoms with E-state index < -0.39 is 11.6 Å². The van der Waals surface area contributed by atoms with Gasteiger partial charge in [-0.3, -0.25) is 0 Å². The van der Waals surface area contributed by atoms with Gasteiger partial charge >= 0.3 is 0 Å². The van der Waals surface area contributed by atoms with Crippen LogP contribution in [0.4, 0.5) is 8.78 Å². The van der Waals surface area contributed by atoms with Crippen LogP contribution < -0.4 is 5.32 Å². The van der Waals surface area contributed by atoms with E-state index in [2.05, 4.69) is 5.32 Å². The van der Waals surface area contributed by atoms with Gasteiger partial charge in [-0.25, -0.2) is 8.78 Å². The van der Waals surface area contributed by atoms with Crippen LogP contribution in [0.5, 0.6) is 0 Å². The normalized spacial score (nSPS) is 17.4. The molecule has 1 saturated carbocycles. The molecule has 0 aliphatic heterocycles. The summed E-state index contributed by atoms with van der Waals surface area (Å²) in [6.07, 6.45) is 7.86. The van der Waals surface area contributed by atoms with Crippen LogP contribution in [-0.4, -0.2) is 18.3 Å². The van der Waals surface area contributed by atoms with Crippen molar-refractivity contribution >= 4 is 11.8 Å². The van der Waals surface area contributed by atoms with Crippen molar-refractivity contribution in [1.82, 2.24) is 5.32 Å². The summed E-state index contributed by atoms with van der Waals surface area (Å²) in [4.78, 5) is 0.532. The molecule has 1 aromatic rings. The Morgan fingerprint density at radius 3 is 2.53 bits per heavy atom. The molecule has 4 heteroatoms. The molecule has 0 unspecified atom stereocenters. The minimum Gasteiger partial charge on any atom is -0.313 e. The molecule has 0 heterocycles. The second-order valence-electron chi connectivity index (χ2n) is 5.07. The molecule has 0 amide bonds. The first-order valence-corrected chi connectivity index (χ1v) is 8.05. The van der Waals surface area contributed by atoms with Gasteiger partial charge in [0.2, 0.25) is 0 Å². The van der Waals surface area contributed by atoms with Crippen molar-refractivity contribution in [3.05, 3.63) is 29.8 Å². The molecule has 106 valence electrons. The van der Waals surface area contributed by atoms with E-state index in [0.717, 1.165) is 18.4 Å². The van der Waals surface area contributed by atoms with E-state index >= 15 is 0 Å². The molecule has 1 N–H and O–H groups in total. The Hall–Kier alpha value is -0.610. The number of nitrogens with one attached hydrogen (secondary N) is 1. The first-order chi connectivity index (χ1) is 9.25. The summed E-state index contributed by atoms with van der Waals surface area (Å²) in [5, 5.41) is 3.55. The van der Waals surface area contributed by atoms with Gasteiger partial charge in [0.05, 0.1) is 0 Å². The van der Waals surface area contributed by atoms with Crippen molar-refractivity contribution in [1.29, 1.82) is 0 Å². The third-order valence-corrected chi connectivity index (χ3v) is 4.59. The van der Waals surface area contributed by atoms with E-state index in [1.54, 1.807) is 0 Å². The van der Waals surface area contributed by atoms with E-state index in [0.29, 0.717) is 10.9 Å². The van der Waals surface area contributed by atoms with Gasteiger partial charge in [0.15, 0.2) is 0 Å². The van der Waals surface area contributed by atoms with Gasteiger partial charge in [-0.05, 0) is 25.0 Å². The number of halogens is 2. The summed E-state index contributed by atoms with van der Waals surface area (Å²) in [6.45, 7) is 0.881. The van der Waals surface area contributed by atoms with Gasteiger partial charge in [0.25, 0.3) is 0 Å². The summed E-state index contributed by atoms with van der Waals surface area (Å²) < 4.78 is 26.2. The Balaban J connectivity index is 1.68. The molecule has 19 heavy (non-hydrogen) atoms. The summed E-state index contributed by atoms with van der Waals surface area (Å²) in [6, 6.07) is 4.40. The molecule has 0 spiro atoms. The van der Waals surface area contributed by atoms with Gasteiger partial charge in [-0.15, -0.1) is 11.8 Å². The SMILES string of the molecule is Fc1ccc(SCCNC2CCCCCC2)c(F)c1. The Bertz CT molecular complexity index is 390. The monoisotopic (exact) mass is 285 g/mol. The lowest BCUT2D eigenvalue weighted by atomic mass is 10.1. The van der Waals surface area contributed by atoms with Gasteiger partial charge in [0, 0.05) is 29.3 Å². The van der Waals surface area contributed by atoms with E-state index in [4.69, 9.17) is 0 Å². The standard InChI is InChI=1S/C15H21F2NS/c16-12-7-8-15(14(17)11-12)19-10-9-18-13-5-3-1-2-4-6-13/h7-8,11,13,18H,1-6,9-10H2. The lowest BCUT2D eigenvalue weighted by molar-refractivity contribution is 0.474. The third-order valence-electron chi connectivity index (χ3n) is 3.54. The Labute approximate surface area is 118 Å². The summed E-state index contributed by atoms with van der Waals surface area (Å²) >= 11 is 1.45. The molecule has 0 atom stereocenters. The highest BCUT2D eigenvalue weighted by molar-refractivity contribution is 7.99. The highest BCUT2D eigenvalue weighted by Crippen LogP contribution is 2.22. The molecule has 1 aliphatic carbocycles. The molecule has 1 aliphatic rings. The van der Waals surface area contributed by atoms with E-state index in [1.165, 1.54) is 62.4 Å². The van der Waals surface area contributed by atoms with Crippen LogP contribution in [0, 0.1) is 11.6 Å². The van der Waals surface area contributed by atoms with Crippen molar-refractivity contribution in [3.8, 4) is 0 Å². The maximum Gasteiger partial charge on any atom is 0.139 e. The number of benzene rings is 1. The minimum absolute atomic E-state index is 0.459. The lowest BCUT2D eigenvalue weighted by Gasteiger charge is -2.15. The van der Waals surface area contributed by atoms with Crippen LogP contribution in [0.1, 0.15) is 38.5 Å².